The molecule has 0 aliphatic heterocycles. The summed E-state index contributed by atoms with van der Waals surface area (Å²) in [5, 5.41) is 13.3. The van der Waals surface area contributed by atoms with Crippen LogP contribution in [-0.4, -0.2) is 23.4 Å². The third-order valence-electron chi connectivity index (χ3n) is 3.19. The van der Waals surface area contributed by atoms with Crippen LogP contribution in [0.5, 0.6) is 0 Å². The van der Waals surface area contributed by atoms with Gasteiger partial charge in [-0.05, 0) is 30.7 Å². The van der Waals surface area contributed by atoms with Crippen LogP contribution in [0.25, 0.3) is 0 Å². The molecule has 0 atom stereocenters. The molecule has 0 bridgehead atoms. The van der Waals surface area contributed by atoms with Gasteiger partial charge in [0.05, 0.1) is 16.2 Å². The Kier molecular flexibility index (Phi) is 5.66. The van der Waals surface area contributed by atoms with Gasteiger partial charge in [0.15, 0.2) is 6.61 Å². The number of hydrogen-bond acceptors (Lipinski definition) is 5. The van der Waals surface area contributed by atoms with E-state index in [1.165, 1.54) is 24.3 Å². The standard InChI is InChI=1S/C16H12ClFN2O5/c1-9-2-4-11(20(23)24)7-14(9)19-15(21)8-25-16(22)12-6-10(17)3-5-13(12)18/h2-7H,8H2,1H3,(H,19,21). The number of nitro benzene ring substituents is 1. The van der Waals surface area contributed by atoms with Crippen molar-refractivity contribution < 1.29 is 23.6 Å². The van der Waals surface area contributed by atoms with Gasteiger partial charge in [0.25, 0.3) is 11.6 Å². The molecule has 0 aromatic heterocycles. The number of rotatable bonds is 5. The molecule has 1 N–H and O–H groups in total. The van der Waals surface area contributed by atoms with Gasteiger partial charge in [0.1, 0.15) is 5.82 Å². The zero-order chi connectivity index (χ0) is 18.6. The molecule has 0 unspecified atom stereocenters. The summed E-state index contributed by atoms with van der Waals surface area (Å²) >= 11 is 5.68. The smallest absolute Gasteiger partial charge is 0.341 e. The fourth-order valence-corrected chi connectivity index (χ4v) is 2.08. The number of benzene rings is 2. The number of carbonyl (C=O) groups is 2. The van der Waals surface area contributed by atoms with Gasteiger partial charge < -0.3 is 10.1 Å². The molecule has 2 aromatic carbocycles. The molecule has 0 fully saturated rings. The lowest BCUT2D eigenvalue weighted by molar-refractivity contribution is -0.384. The quantitative estimate of drug-likeness (QED) is 0.496. The molecule has 0 spiro atoms. The molecule has 130 valence electrons. The van der Waals surface area contributed by atoms with E-state index in [1.54, 1.807) is 6.92 Å². The summed E-state index contributed by atoms with van der Waals surface area (Å²) in [5.41, 5.74) is 0.209. The highest BCUT2D eigenvalue weighted by atomic mass is 35.5. The first-order valence-corrected chi connectivity index (χ1v) is 7.33. The van der Waals surface area contributed by atoms with E-state index in [1.807, 2.05) is 0 Å². The summed E-state index contributed by atoms with van der Waals surface area (Å²) in [6.45, 7) is 0.958. The average molecular weight is 367 g/mol. The number of nitro groups is 1. The lowest BCUT2D eigenvalue weighted by Gasteiger charge is -2.09. The van der Waals surface area contributed by atoms with Crippen molar-refractivity contribution in [3.8, 4) is 0 Å². The number of amides is 1. The van der Waals surface area contributed by atoms with E-state index in [2.05, 4.69) is 5.32 Å². The fourth-order valence-electron chi connectivity index (χ4n) is 1.91. The summed E-state index contributed by atoms with van der Waals surface area (Å²) < 4.78 is 18.3. The second kappa shape index (κ2) is 7.71. The Morgan fingerprint density at radius 1 is 1.28 bits per heavy atom. The Morgan fingerprint density at radius 2 is 2.00 bits per heavy atom. The number of anilines is 1. The molecule has 0 aliphatic carbocycles. The Bertz CT molecular complexity index is 856. The summed E-state index contributed by atoms with van der Waals surface area (Å²) in [4.78, 5) is 33.8. The van der Waals surface area contributed by atoms with Crippen molar-refractivity contribution >= 4 is 34.9 Å². The summed E-state index contributed by atoms with van der Waals surface area (Å²) in [6, 6.07) is 7.32. The van der Waals surface area contributed by atoms with Crippen molar-refractivity contribution in [1.82, 2.24) is 0 Å². The van der Waals surface area contributed by atoms with E-state index in [9.17, 15) is 24.1 Å². The Hall–Kier alpha value is -3.00. The molecule has 25 heavy (non-hydrogen) atoms. The molecule has 2 aromatic rings. The minimum Gasteiger partial charge on any atom is -0.452 e. The molecule has 2 rings (SSSR count). The highest BCUT2D eigenvalue weighted by molar-refractivity contribution is 6.30. The topological polar surface area (TPSA) is 98.5 Å². The maximum atomic E-state index is 13.5. The molecular formula is C16H12ClFN2O5. The number of carbonyl (C=O) groups excluding carboxylic acids is 2. The fraction of sp³-hybridized carbons (Fsp3) is 0.125. The van der Waals surface area contributed by atoms with Crippen molar-refractivity contribution in [3.05, 3.63) is 68.5 Å². The van der Waals surface area contributed by atoms with Crippen LogP contribution in [0.2, 0.25) is 5.02 Å². The highest BCUT2D eigenvalue weighted by Gasteiger charge is 2.16. The predicted octanol–water partition coefficient (Wildman–Crippen LogP) is 3.49. The van der Waals surface area contributed by atoms with Crippen molar-refractivity contribution in [3.63, 3.8) is 0 Å². The van der Waals surface area contributed by atoms with Crippen LogP contribution in [0.4, 0.5) is 15.8 Å². The first-order chi connectivity index (χ1) is 11.8. The summed E-state index contributed by atoms with van der Waals surface area (Å²) in [7, 11) is 0. The number of aryl methyl sites for hydroxylation is 1. The minimum absolute atomic E-state index is 0.144. The van der Waals surface area contributed by atoms with Gasteiger partial charge in [-0.2, -0.15) is 0 Å². The number of hydrogen-bond donors (Lipinski definition) is 1. The highest BCUT2D eigenvalue weighted by Crippen LogP contribution is 2.22. The van der Waals surface area contributed by atoms with Crippen molar-refractivity contribution in [2.24, 2.45) is 0 Å². The molecular weight excluding hydrogens is 355 g/mol. The first-order valence-electron chi connectivity index (χ1n) is 6.95. The summed E-state index contributed by atoms with van der Waals surface area (Å²) in [5.74, 6) is -2.60. The predicted molar refractivity (Wildman–Crippen MR) is 88.2 cm³/mol. The van der Waals surface area contributed by atoms with E-state index >= 15 is 0 Å². The molecule has 0 saturated heterocycles. The number of non-ortho nitro benzene ring substituents is 1. The van der Waals surface area contributed by atoms with Crippen LogP contribution < -0.4 is 5.32 Å². The second-order valence-electron chi connectivity index (χ2n) is 5.00. The van der Waals surface area contributed by atoms with Gasteiger partial charge in [-0.25, -0.2) is 9.18 Å². The van der Waals surface area contributed by atoms with Crippen LogP contribution in [0.1, 0.15) is 15.9 Å². The van der Waals surface area contributed by atoms with E-state index in [4.69, 9.17) is 16.3 Å². The van der Waals surface area contributed by atoms with Gasteiger partial charge in [0.2, 0.25) is 0 Å². The molecule has 0 saturated carbocycles. The maximum absolute atomic E-state index is 13.5. The van der Waals surface area contributed by atoms with E-state index in [0.29, 0.717) is 5.56 Å². The molecule has 0 aliphatic rings. The van der Waals surface area contributed by atoms with Gasteiger partial charge in [-0.3, -0.25) is 14.9 Å². The van der Waals surface area contributed by atoms with Crippen LogP contribution in [-0.2, 0) is 9.53 Å². The summed E-state index contributed by atoms with van der Waals surface area (Å²) in [6.07, 6.45) is 0. The Morgan fingerprint density at radius 3 is 2.68 bits per heavy atom. The number of esters is 1. The number of ether oxygens (including phenoxy) is 1. The Labute approximate surface area is 146 Å². The molecule has 7 nitrogen and oxygen atoms in total. The van der Waals surface area contributed by atoms with Gasteiger partial charge in [-0.15, -0.1) is 0 Å². The van der Waals surface area contributed by atoms with Gasteiger partial charge in [-0.1, -0.05) is 17.7 Å². The molecule has 0 radical (unpaired) electrons. The maximum Gasteiger partial charge on any atom is 0.341 e. The largest absolute Gasteiger partial charge is 0.452 e. The van der Waals surface area contributed by atoms with Crippen molar-refractivity contribution in [2.75, 3.05) is 11.9 Å². The zero-order valence-electron chi connectivity index (χ0n) is 12.9. The monoisotopic (exact) mass is 366 g/mol. The van der Waals surface area contributed by atoms with Crippen molar-refractivity contribution in [2.45, 2.75) is 6.92 Å². The molecule has 9 heteroatoms. The van der Waals surface area contributed by atoms with E-state index < -0.39 is 34.8 Å². The normalized spacial score (nSPS) is 10.2. The minimum atomic E-state index is -1.05. The molecule has 1 amide bonds. The third kappa shape index (κ3) is 4.74. The van der Waals surface area contributed by atoms with Crippen LogP contribution >= 0.6 is 11.6 Å². The number of halogens is 2. The second-order valence-corrected chi connectivity index (χ2v) is 5.44. The third-order valence-corrected chi connectivity index (χ3v) is 3.42. The zero-order valence-corrected chi connectivity index (χ0v) is 13.7. The van der Waals surface area contributed by atoms with Crippen LogP contribution in [0.3, 0.4) is 0 Å². The lowest BCUT2D eigenvalue weighted by atomic mass is 10.2. The van der Waals surface area contributed by atoms with E-state index in [-0.39, 0.29) is 16.4 Å². The average Bonchev–Trinajstić information content (AvgIpc) is 2.56. The van der Waals surface area contributed by atoms with Gasteiger partial charge >= 0.3 is 5.97 Å². The van der Waals surface area contributed by atoms with Gasteiger partial charge in [0, 0.05) is 17.2 Å². The number of nitrogens with one attached hydrogen (secondary N) is 1. The SMILES string of the molecule is Cc1ccc([N+](=O)[O-])cc1NC(=O)COC(=O)c1cc(Cl)ccc1F. The van der Waals surface area contributed by atoms with E-state index in [0.717, 1.165) is 12.1 Å². The van der Waals surface area contributed by atoms with Crippen molar-refractivity contribution in [1.29, 1.82) is 0 Å². The lowest BCUT2D eigenvalue weighted by Crippen LogP contribution is -2.21. The van der Waals surface area contributed by atoms with Crippen LogP contribution in [0, 0.1) is 22.9 Å². The molecule has 0 heterocycles. The first kappa shape index (κ1) is 18.3. The van der Waals surface area contributed by atoms with Crippen LogP contribution in [0.15, 0.2) is 36.4 Å². The Balaban J connectivity index is 2.01. The number of nitrogens with zero attached hydrogens (tertiary/aromatic N) is 1.